The Hall–Kier alpha value is -3.08. The van der Waals surface area contributed by atoms with Gasteiger partial charge in [0.1, 0.15) is 6.04 Å². The summed E-state index contributed by atoms with van der Waals surface area (Å²) < 4.78 is 0.979. The topological polar surface area (TPSA) is 101 Å². The molecule has 1 fully saturated rings. The van der Waals surface area contributed by atoms with Gasteiger partial charge in [0, 0.05) is 27.8 Å². The summed E-state index contributed by atoms with van der Waals surface area (Å²) in [6.45, 7) is 0.297. The number of halogens is 1. The third kappa shape index (κ3) is 5.19. The summed E-state index contributed by atoms with van der Waals surface area (Å²) in [7, 11) is 0. The number of non-ortho nitro benzene ring substituents is 1. The van der Waals surface area contributed by atoms with Gasteiger partial charge in [-0.15, -0.1) is 0 Å². The maximum absolute atomic E-state index is 13.5. The fraction of sp³-hybridized carbons (Fsp3) is 0.320. The number of carbonyl (C=O) groups is 3. The zero-order valence-corrected chi connectivity index (χ0v) is 20.6. The van der Waals surface area contributed by atoms with Crippen molar-refractivity contribution in [3.05, 3.63) is 79.4 Å². The molecule has 0 radical (unpaired) electrons. The van der Waals surface area contributed by atoms with Crippen molar-refractivity contribution in [3.63, 3.8) is 0 Å². The van der Waals surface area contributed by atoms with Crippen LogP contribution in [0, 0.1) is 13.7 Å². The lowest BCUT2D eigenvalue weighted by Gasteiger charge is -2.28. The summed E-state index contributed by atoms with van der Waals surface area (Å²) in [5, 5.41) is 11.0. The fourth-order valence-corrected chi connectivity index (χ4v) is 4.77. The van der Waals surface area contributed by atoms with E-state index in [0.717, 1.165) is 34.2 Å². The number of nitro groups is 1. The third-order valence-corrected chi connectivity index (χ3v) is 6.95. The summed E-state index contributed by atoms with van der Waals surface area (Å²) in [6.07, 6.45) is 6.94. The average molecular weight is 573 g/mol. The number of anilines is 1. The molecule has 2 aliphatic rings. The number of benzene rings is 2. The van der Waals surface area contributed by atoms with Gasteiger partial charge in [-0.1, -0.05) is 11.6 Å². The van der Waals surface area contributed by atoms with Crippen molar-refractivity contribution < 1.29 is 19.3 Å². The number of amides is 3. The van der Waals surface area contributed by atoms with Crippen LogP contribution in [0.1, 0.15) is 48.9 Å². The van der Waals surface area contributed by atoms with Crippen molar-refractivity contribution in [2.75, 3.05) is 11.4 Å². The van der Waals surface area contributed by atoms with E-state index in [2.05, 4.69) is 28.7 Å². The van der Waals surface area contributed by atoms with E-state index in [1.54, 1.807) is 12.1 Å². The minimum atomic E-state index is -0.918. The number of nitrogens with zero attached hydrogens (tertiary/aromatic N) is 3. The number of hydrogen-bond donors (Lipinski definition) is 0. The van der Waals surface area contributed by atoms with Crippen molar-refractivity contribution in [2.24, 2.45) is 0 Å². The van der Waals surface area contributed by atoms with Crippen molar-refractivity contribution in [1.29, 1.82) is 0 Å². The Labute approximate surface area is 210 Å². The van der Waals surface area contributed by atoms with Gasteiger partial charge in [0.05, 0.1) is 17.0 Å². The molecule has 34 heavy (non-hydrogen) atoms. The van der Waals surface area contributed by atoms with Gasteiger partial charge in [0.25, 0.3) is 17.5 Å². The highest BCUT2D eigenvalue weighted by Crippen LogP contribution is 2.29. The largest absolute Gasteiger partial charge is 0.326 e. The van der Waals surface area contributed by atoms with Crippen LogP contribution in [-0.4, -0.2) is 40.1 Å². The van der Waals surface area contributed by atoms with Crippen LogP contribution in [-0.2, 0) is 9.59 Å². The summed E-state index contributed by atoms with van der Waals surface area (Å²) >= 11 is 2.15. The number of rotatable bonds is 7. The molecule has 176 valence electrons. The normalized spacial score (nSPS) is 18.1. The van der Waals surface area contributed by atoms with E-state index in [9.17, 15) is 24.5 Å². The van der Waals surface area contributed by atoms with Crippen molar-refractivity contribution in [3.8, 4) is 0 Å². The van der Waals surface area contributed by atoms with Gasteiger partial charge in [-0.2, -0.15) is 0 Å². The minimum absolute atomic E-state index is 0.0947. The highest BCUT2D eigenvalue weighted by Gasteiger charge is 2.44. The lowest BCUT2D eigenvalue weighted by molar-refractivity contribution is -0.384. The molecule has 9 heteroatoms. The molecule has 4 rings (SSSR count). The molecule has 1 heterocycles. The van der Waals surface area contributed by atoms with Gasteiger partial charge in [0.15, 0.2) is 0 Å². The molecule has 2 aromatic carbocycles. The van der Waals surface area contributed by atoms with Crippen LogP contribution >= 0.6 is 22.6 Å². The van der Waals surface area contributed by atoms with Gasteiger partial charge in [-0.05, 0) is 91.1 Å². The van der Waals surface area contributed by atoms with E-state index in [1.165, 1.54) is 34.7 Å². The molecule has 8 nitrogen and oxygen atoms in total. The standard InChI is InChI=1S/C25H24IN3O5/c26-19-8-12-20(13-9-19)28-23(30)16-22(25(28)32)27(15-14-17-4-2-1-3-5-17)24(31)18-6-10-21(11-7-18)29(33)34/h4,6-13,22H,1-3,5,14-16H2. The number of nitro benzene ring substituents is 1. The van der Waals surface area contributed by atoms with E-state index in [1.807, 2.05) is 12.1 Å². The Bertz CT molecular complexity index is 1140. The molecule has 0 N–H and O–H groups in total. The molecule has 0 spiro atoms. The molecule has 1 aliphatic heterocycles. The predicted octanol–water partition coefficient (Wildman–Crippen LogP) is 4.86. The first-order chi connectivity index (χ1) is 16.3. The maximum atomic E-state index is 13.5. The number of hydrogen-bond acceptors (Lipinski definition) is 5. The summed E-state index contributed by atoms with van der Waals surface area (Å²) in [5.41, 5.74) is 1.86. The van der Waals surface area contributed by atoms with Crippen molar-refractivity contribution in [2.45, 2.75) is 44.6 Å². The third-order valence-electron chi connectivity index (χ3n) is 6.23. The number of carbonyl (C=O) groups excluding carboxylic acids is 3. The molecule has 3 amide bonds. The van der Waals surface area contributed by atoms with Crippen molar-refractivity contribution in [1.82, 2.24) is 4.90 Å². The predicted molar refractivity (Wildman–Crippen MR) is 135 cm³/mol. The first-order valence-corrected chi connectivity index (χ1v) is 12.3. The van der Waals surface area contributed by atoms with E-state index < -0.39 is 22.8 Å². The highest BCUT2D eigenvalue weighted by atomic mass is 127. The SMILES string of the molecule is O=C1CC(N(CCC2=CCCCC2)C(=O)c2ccc([N+](=O)[O-])cc2)C(=O)N1c1ccc(I)cc1. The molecule has 0 saturated carbocycles. The molecule has 0 bridgehead atoms. The summed E-state index contributed by atoms with van der Waals surface area (Å²) in [5.74, 6) is -1.20. The molecule has 0 aromatic heterocycles. The molecule has 2 aromatic rings. The zero-order chi connectivity index (χ0) is 24.2. The van der Waals surface area contributed by atoms with E-state index >= 15 is 0 Å². The molecule has 1 saturated heterocycles. The van der Waals surface area contributed by atoms with E-state index in [-0.39, 0.29) is 23.6 Å². The lowest BCUT2D eigenvalue weighted by Crippen LogP contribution is -2.46. The average Bonchev–Trinajstić information content (AvgIpc) is 3.14. The Morgan fingerprint density at radius 3 is 2.41 bits per heavy atom. The second-order valence-corrected chi connectivity index (χ2v) is 9.67. The monoisotopic (exact) mass is 573 g/mol. The van der Waals surface area contributed by atoms with Gasteiger partial charge in [0.2, 0.25) is 5.91 Å². The molecular weight excluding hydrogens is 549 g/mol. The van der Waals surface area contributed by atoms with Gasteiger partial charge < -0.3 is 4.90 Å². The smallest absolute Gasteiger partial charge is 0.269 e. The molecule has 1 atom stereocenters. The first-order valence-electron chi connectivity index (χ1n) is 11.2. The molecule has 1 unspecified atom stereocenters. The number of imide groups is 1. The second-order valence-electron chi connectivity index (χ2n) is 8.42. The van der Waals surface area contributed by atoms with E-state index in [4.69, 9.17) is 0 Å². The summed E-state index contributed by atoms with van der Waals surface area (Å²) in [4.78, 5) is 52.8. The van der Waals surface area contributed by atoms with Crippen LogP contribution in [0.15, 0.2) is 60.2 Å². The Kier molecular flexibility index (Phi) is 7.40. The molecular formula is C25H24IN3O5. The van der Waals surface area contributed by atoms with Crippen LogP contribution < -0.4 is 4.90 Å². The Morgan fingerprint density at radius 1 is 1.09 bits per heavy atom. The van der Waals surface area contributed by atoms with Crippen molar-refractivity contribution >= 4 is 51.7 Å². The number of allylic oxidation sites excluding steroid dienone is 1. The van der Waals surface area contributed by atoms with Crippen LogP contribution in [0.3, 0.4) is 0 Å². The van der Waals surface area contributed by atoms with Crippen LogP contribution in [0.4, 0.5) is 11.4 Å². The minimum Gasteiger partial charge on any atom is -0.326 e. The Balaban J connectivity index is 1.61. The molecule has 1 aliphatic carbocycles. The van der Waals surface area contributed by atoms with Gasteiger partial charge in [-0.3, -0.25) is 24.5 Å². The van der Waals surface area contributed by atoms with Gasteiger partial charge >= 0.3 is 0 Å². The Morgan fingerprint density at radius 2 is 1.79 bits per heavy atom. The van der Waals surface area contributed by atoms with Crippen LogP contribution in [0.2, 0.25) is 0 Å². The maximum Gasteiger partial charge on any atom is 0.269 e. The fourth-order valence-electron chi connectivity index (χ4n) is 4.41. The quantitative estimate of drug-likeness (QED) is 0.155. The highest BCUT2D eigenvalue weighted by molar-refractivity contribution is 14.1. The second kappa shape index (κ2) is 10.5. The van der Waals surface area contributed by atoms with Crippen LogP contribution in [0.5, 0.6) is 0 Å². The van der Waals surface area contributed by atoms with Crippen LogP contribution in [0.25, 0.3) is 0 Å². The van der Waals surface area contributed by atoms with Gasteiger partial charge in [-0.25, -0.2) is 4.90 Å². The zero-order valence-electron chi connectivity index (χ0n) is 18.5. The summed E-state index contributed by atoms with van der Waals surface area (Å²) in [6, 6.07) is 11.5. The lowest BCUT2D eigenvalue weighted by atomic mass is 9.96. The first kappa shape index (κ1) is 24.1. The van der Waals surface area contributed by atoms with E-state index in [0.29, 0.717) is 18.7 Å².